The Balaban J connectivity index is 2.26. The van der Waals surface area contributed by atoms with Crippen LogP contribution >= 0.6 is 0 Å². The van der Waals surface area contributed by atoms with E-state index in [0.29, 0.717) is 19.0 Å². The number of aryl methyl sites for hydroxylation is 1. The van der Waals surface area contributed by atoms with E-state index in [1.165, 1.54) is 5.56 Å². The van der Waals surface area contributed by atoms with Crippen molar-refractivity contribution in [1.82, 2.24) is 10.6 Å². The van der Waals surface area contributed by atoms with Crippen LogP contribution in [0, 0.1) is 10.1 Å². The van der Waals surface area contributed by atoms with Crippen molar-refractivity contribution in [3.63, 3.8) is 0 Å². The van der Waals surface area contributed by atoms with E-state index >= 15 is 0 Å². The Bertz CT molecular complexity index is 461. The van der Waals surface area contributed by atoms with Crippen molar-refractivity contribution in [2.24, 2.45) is 0 Å². The second-order valence-corrected chi connectivity index (χ2v) is 4.21. The van der Waals surface area contributed by atoms with Gasteiger partial charge in [0.1, 0.15) is 5.75 Å². The normalized spacial score (nSPS) is 11.0. The van der Waals surface area contributed by atoms with E-state index in [1.54, 1.807) is 7.05 Å². The van der Waals surface area contributed by atoms with Crippen LogP contribution in [0.2, 0.25) is 0 Å². The number of nitrogens with zero attached hydrogens (tertiary/aromatic N) is 1. The number of nitro groups is 1. The monoisotopic (exact) mass is 279 g/mol. The maximum absolute atomic E-state index is 10.3. The second kappa shape index (κ2) is 8.79. The maximum Gasteiger partial charge on any atom is 0.274 e. The van der Waals surface area contributed by atoms with Crippen LogP contribution in [0.5, 0.6) is 5.75 Å². The molecule has 0 bridgehead atoms. The molecule has 1 rings (SSSR count). The fourth-order valence-electron chi connectivity index (χ4n) is 1.64. The van der Waals surface area contributed by atoms with Gasteiger partial charge < -0.3 is 15.4 Å². The van der Waals surface area contributed by atoms with Gasteiger partial charge in [0, 0.05) is 13.6 Å². The molecule has 0 radical (unpaired) electrons. The smallest absolute Gasteiger partial charge is 0.274 e. The van der Waals surface area contributed by atoms with Crippen molar-refractivity contribution in [2.45, 2.75) is 19.8 Å². The van der Waals surface area contributed by atoms with Crippen LogP contribution in [0.3, 0.4) is 0 Å². The van der Waals surface area contributed by atoms with Crippen molar-refractivity contribution in [3.05, 3.63) is 52.0 Å². The molecule has 0 unspecified atom stereocenters. The first-order valence-electron chi connectivity index (χ1n) is 6.64. The van der Waals surface area contributed by atoms with Crippen molar-refractivity contribution in [1.29, 1.82) is 0 Å². The zero-order valence-electron chi connectivity index (χ0n) is 11.9. The second-order valence-electron chi connectivity index (χ2n) is 4.21. The number of hydrogen-bond acceptors (Lipinski definition) is 5. The number of ether oxygens (including phenoxy) is 1. The highest BCUT2D eigenvalue weighted by atomic mass is 16.6. The van der Waals surface area contributed by atoms with Crippen LogP contribution in [0.15, 0.2) is 36.3 Å². The van der Waals surface area contributed by atoms with E-state index in [0.717, 1.165) is 24.8 Å². The van der Waals surface area contributed by atoms with Crippen LogP contribution in [0.1, 0.15) is 18.9 Å². The van der Waals surface area contributed by atoms with Crippen LogP contribution in [-0.4, -0.2) is 25.1 Å². The summed E-state index contributed by atoms with van der Waals surface area (Å²) in [6.45, 7) is 3.27. The predicted molar refractivity (Wildman–Crippen MR) is 78.1 cm³/mol. The van der Waals surface area contributed by atoms with Crippen LogP contribution < -0.4 is 15.4 Å². The molecule has 110 valence electrons. The largest absolute Gasteiger partial charge is 0.494 e. The lowest BCUT2D eigenvalue weighted by molar-refractivity contribution is -0.404. The van der Waals surface area contributed by atoms with Gasteiger partial charge in [-0.25, -0.2) is 0 Å². The molecule has 0 aliphatic heterocycles. The SMILES string of the molecule is CCc1cccc(OCCCNC(=C[N+](=O)[O-])NC)c1. The Labute approximate surface area is 119 Å². The Morgan fingerprint density at radius 3 is 2.95 bits per heavy atom. The third kappa shape index (κ3) is 6.08. The van der Waals surface area contributed by atoms with E-state index in [9.17, 15) is 10.1 Å². The Kier molecular flexibility index (Phi) is 6.95. The van der Waals surface area contributed by atoms with E-state index < -0.39 is 4.92 Å². The fourth-order valence-corrected chi connectivity index (χ4v) is 1.64. The molecule has 6 heteroatoms. The van der Waals surface area contributed by atoms with Crippen LogP contribution in [0.4, 0.5) is 0 Å². The van der Waals surface area contributed by atoms with Gasteiger partial charge in [0.15, 0.2) is 5.82 Å². The molecule has 0 heterocycles. The van der Waals surface area contributed by atoms with Crippen LogP contribution in [-0.2, 0) is 6.42 Å². The maximum atomic E-state index is 10.3. The fraction of sp³-hybridized carbons (Fsp3) is 0.429. The van der Waals surface area contributed by atoms with Gasteiger partial charge in [0.2, 0.25) is 0 Å². The average molecular weight is 279 g/mol. The van der Waals surface area contributed by atoms with Gasteiger partial charge in [-0.3, -0.25) is 10.1 Å². The highest BCUT2D eigenvalue weighted by Gasteiger charge is 1.99. The Hall–Kier alpha value is -2.24. The van der Waals surface area contributed by atoms with Crippen LogP contribution in [0.25, 0.3) is 0 Å². The molecule has 6 nitrogen and oxygen atoms in total. The predicted octanol–water partition coefficient (Wildman–Crippen LogP) is 1.90. The van der Waals surface area contributed by atoms with Gasteiger partial charge >= 0.3 is 0 Å². The lowest BCUT2D eigenvalue weighted by atomic mass is 10.2. The lowest BCUT2D eigenvalue weighted by Crippen LogP contribution is -2.26. The van der Waals surface area contributed by atoms with E-state index in [-0.39, 0.29) is 0 Å². The summed E-state index contributed by atoms with van der Waals surface area (Å²) >= 11 is 0. The molecule has 0 atom stereocenters. The first-order valence-corrected chi connectivity index (χ1v) is 6.64. The number of hydrogen-bond donors (Lipinski definition) is 2. The minimum Gasteiger partial charge on any atom is -0.494 e. The minimum absolute atomic E-state index is 0.392. The molecule has 0 amide bonds. The van der Waals surface area contributed by atoms with E-state index in [2.05, 4.69) is 23.6 Å². The summed E-state index contributed by atoms with van der Waals surface area (Å²) in [6.07, 6.45) is 2.65. The first-order chi connectivity index (χ1) is 9.65. The molecule has 20 heavy (non-hydrogen) atoms. The summed E-state index contributed by atoms with van der Waals surface area (Å²) in [5.74, 6) is 1.25. The number of nitrogens with one attached hydrogen (secondary N) is 2. The minimum atomic E-state index is -0.494. The quantitative estimate of drug-likeness (QED) is 0.410. The molecule has 0 aliphatic rings. The zero-order chi connectivity index (χ0) is 14.8. The topological polar surface area (TPSA) is 76.4 Å². The molecule has 0 spiro atoms. The third-order valence-electron chi connectivity index (χ3n) is 2.72. The first kappa shape index (κ1) is 15.8. The summed E-state index contributed by atoms with van der Waals surface area (Å²) in [7, 11) is 1.63. The van der Waals surface area contributed by atoms with Crippen molar-refractivity contribution < 1.29 is 9.66 Å². The zero-order valence-corrected chi connectivity index (χ0v) is 11.9. The molecular formula is C14H21N3O3. The molecule has 0 fully saturated rings. The molecule has 1 aromatic rings. The van der Waals surface area contributed by atoms with Gasteiger partial charge in [0.05, 0.1) is 11.5 Å². The molecule has 2 N–H and O–H groups in total. The summed E-state index contributed by atoms with van der Waals surface area (Å²) in [4.78, 5) is 9.83. The van der Waals surface area contributed by atoms with Gasteiger partial charge in [-0.1, -0.05) is 19.1 Å². The summed E-state index contributed by atoms with van der Waals surface area (Å²) in [6, 6.07) is 8.00. The van der Waals surface area contributed by atoms with Gasteiger partial charge in [-0.05, 0) is 30.5 Å². The van der Waals surface area contributed by atoms with Crippen molar-refractivity contribution in [3.8, 4) is 5.75 Å². The van der Waals surface area contributed by atoms with Crippen molar-refractivity contribution in [2.75, 3.05) is 20.2 Å². The highest BCUT2D eigenvalue weighted by molar-refractivity contribution is 5.28. The van der Waals surface area contributed by atoms with Gasteiger partial charge in [-0.2, -0.15) is 0 Å². The number of rotatable bonds is 9. The van der Waals surface area contributed by atoms with Gasteiger partial charge in [-0.15, -0.1) is 0 Å². The highest BCUT2D eigenvalue weighted by Crippen LogP contribution is 2.13. The summed E-state index contributed by atoms with van der Waals surface area (Å²) < 4.78 is 5.63. The summed E-state index contributed by atoms with van der Waals surface area (Å²) in [5, 5.41) is 16.0. The molecule has 0 saturated heterocycles. The Morgan fingerprint density at radius 2 is 2.30 bits per heavy atom. The lowest BCUT2D eigenvalue weighted by Gasteiger charge is -2.09. The molecule has 0 aliphatic carbocycles. The van der Waals surface area contributed by atoms with Crippen molar-refractivity contribution >= 4 is 0 Å². The third-order valence-corrected chi connectivity index (χ3v) is 2.72. The molecular weight excluding hydrogens is 258 g/mol. The number of benzene rings is 1. The molecule has 0 aromatic heterocycles. The molecule has 0 saturated carbocycles. The Morgan fingerprint density at radius 1 is 1.50 bits per heavy atom. The van der Waals surface area contributed by atoms with E-state index in [1.807, 2.05) is 18.2 Å². The average Bonchev–Trinajstić information content (AvgIpc) is 2.45. The molecule has 1 aromatic carbocycles. The van der Waals surface area contributed by atoms with Gasteiger partial charge in [0.25, 0.3) is 6.20 Å². The summed E-state index contributed by atoms with van der Waals surface area (Å²) in [5.41, 5.74) is 1.24. The van der Waals surface area contributed by atoms with E-state index in [4.69, 9.17) is 4.74 Å². The standard InChI is InChI=1S/C14H21N3O3/c1-3-12-6-4-7-13(10-12)20-9-5-8-16-14(15-2)11-17(18)19/h4,6-7,10-11,15-16H,3,5,8-9H2,1-2H3.